The number of fused-ring (bicyclic) bond motifs is 1. The lowest BCUT2D eigenvalue weighted by Gasteiger charge is -2.09. The lowest BCUT2D eigenvalue weighted by Crippen LogP contribution is -2.17. The molecule has 0 unspecified atom stereocenters. The van der Waals surface area contributed by atoms with Crippen LogP contribution in [0.2, 0.25) is 0 Å². The number of carbonyl (C=O) groups excluding carboxylic acids is 2. The standard InChI is InChI=1S/C22H24N4O3/c1-4-17-18(5-2)26-20-12-14(6-11-19(20)25-17)22(28)24-16-9-7-15(8-10-16)23-21(27)13-29-3/h6-12H,4-5,13H2,1-3H3,(H,23,27)(H,24,28). The van der Waals surface area contributed by atoms with Gasteiger partial charge in [0.15, 0.2) is 0 Å². The zero-order chi connectivity index (χ0) is 20.8. The zero-order valence-corrected chi connectivity index (χ0v) is 16.8. The van der Waals surface area contributed by atoms with Gasteiger partial charge in [0.1, 0.15) is 6.61 Å². The number of carbonyl (C=O) groups is 2. The predicted octanol–water partition coefficient (Wildman–Crippen LogP) is 3.59. The van der Waals surface area contributed by atoms with Crippen molar-refractivity contribution in [3.05, 3.63) is 59.4 Å². The molecule has 7 heteroatoms. The molecule has 7 nitrogen and oxygen atoms in total. The maximum Gasteiger partial charge on any atom is 0.255 e. The SMILES string of the molecule is CCc1nc2ccc(C(=O)Nc3ccc(NC(=O)COC)cc3)cc2nc1CC. The number of aromatic nitrogens is 2. The lowest BCUT2D eigenvalue weighted by molar-refractivity contribution is -0.119. The van der Waals surface area contributed by atoms with E-state index in [4.69, 9.17) is 4.74 Å². The Kier molecular flexibility index (Phi) is 6.51. The molecule has 1 aromatic heterocycles. The van der Waals surface area contributed by atoms with Crippen LogP contribution < -0.4 is 10.6 Å². The molecule has 0 aliphatic rings. The fourth-order valence-corrected chi connectivity index (χ4v) is 3.00. The normalized spacial score (nSPS) is 10.7. The Bertz CT molecular complexity index is 1030. The number of anilines is 2. The van der Waals surface area contributed by atoms with E-state index in [-0.39, 0.29) is 18.4 Å². The number of nitrogens with one attached hydrogen (secondary N) is 2. The Hall–Kier alpha value is -3.32. The molecule has 2 aromatic carbocycles. The second-order valence-electron chi connectivity index (χ2n) is 6.54. The second kappa shape index (κ2) is 9.25. The highest BCUT2D eigenvalue weighted by molar-refractivity contribution is 6.06. The maximum atomic E-state index is 12.6. The molecular formula is C22H24N4O3. The van der Waals surface area contributed by atoms with Crippen molar-refractivity contribution < 1.29 is 14.3 Å². The summed E-state index contributed by atoms with van der Waals surface area (Å²) in [7, 11) is 1.46. The first-order valence-corrected chi connectivity index (χ1v) is 9.53. The van der Waals surface area contributed by atoms with Crippen LogP contribution in [0.25, 0.3) is 11.0 Å². The summed E-state index contributed by atoms with van der Waals surface area (Å²) >= 11 is 0. The van der Waals surface area contributed by atoms with Gasteiger partial charge in [-0.1, -0.05) is 13.8 Å². The van der Waals surface area contributed by atoms with Crippen molar-refractivity contribution in [2.45, 2.75) is 26.7 Å². The molecule has 3 rings (SSSR count). The van der Waals surface area contributed by atoms with Crippen LogP contribution in [0.1, 0.15) is 35.6 Å². The smallest absolute Gasteiger partial charge is 0.255 e. The van der Waals surface area contributed by atoms with Crippen LogP contribution in [-0.4, -0.2) is 35.5 Å². The zero-order valence-electron chi connectivity index (χ0n) is 16.8. The van der Waals surface area contributed by atoms with Gasteiger partial charge in [0.25, 0.3) is 5.91 Å². The van der Waals surface area contributed by atoms with E-state index in [1.165, 1.54) is 7.11 Å². The van der Waals surface area contributed by atoms with E-state index in [1.54, 1.807) is 36.4 Å². The van der Waals surface area contributed by atoms with E-state index in [0.717, 1.165) is 29.7 Å². The van der Waals surface area contributed by atoms with Gasteiger partial charge in [-0.05, 0) is 55.3 Å². The predicted molar refractivity (Wildman–Crippen MR) is 113 cm³/mol. The molecule has 0 spiro atoms. The van der Waals surface area contributed by atoms with Crippen molar-refractivity contribution in [1.29, 1.82) is 0 Å². The molecule has 0 aliphatic heterocycles. The van der Waals surface area contributed by atoms with Gasteiger partial charge in [0.05, 0.1) is 22.4 Å². The number of aryl methyl sites for hydroxylation is 2. The summed E-state index contributed by atoms with van der Waals surface area (Å²) in [5.74, 6) is -0.471. The Morgan fingerprint density at radius 1 is 0.862 bits per heavy atom. The van der Waals surface area contributed by atoms with Crippen LogP contribution in [0.5, 0.6) is 0 Å². The number of nitrogens with zero attached hydrogens (tertiary/aromatic N) is 2. The molecule has 29 heavy (non-hydrogen) atoms. The van der Waals surface area contributed by atoms with Crippen LogP contribution in [0, 0.1) is 0 Å². The van der Waals surface area contributed by atoms with Crippen LogP contribution >= 0.6 is 0 Å². The lowest BCUT2D eigenvalue weighted by atomic mass is 10.1. The van der Waals surface area contributed by atoms with Crippen molar-refractivity contribution in [2.24, 2.45) is 0 Å². The fraction of sp³-hybridized carbons (Fsp3) is 0.273. The first-order valence-electron chi connectivity index (χ1n) is 9.53. The molecule has 2 amide bonds. The minimum atomic E-state index is -0.237. The highest BCUT2D eigenvalue weighted by Crippen LogP contribution is 2.18. The molecule has 0 radical (unpaired) electrons. The molecule has 0 saturated heterocycles. The number of hydrogen-bond acceptors (Lipinski definition) is 5. The van der Waals surface area contributed by atoms with Gasteiger partial charge < -0.3 is 15.4 Å². The molecule has 0 saturated carbocycles. The van der Waals surface area contributed by atoms with E-state index in [1.807, 2.05) is 13.0 Å². The van der Waals surface area contributed by atoms with E-state index < -0.39 is 0 Å². The van der Waals surface area contributed by atoms with E-state index in [0.29, 0.717) is 22.5 Å². The Morgan fingerprint density at radius 3 is 2.03 bits per heavy atom. The maximum absolute atomic E-state index is 12.6. The van der Waals surface area contributed by atoms with Crippen LogP contribution in [-0.2, 0) is 22.4 Å². The number of methoxy groups -OCH3 is 1. The fourth-order valence-electron chi connectivity index (χ4n) is 3.00. The summed E-state index contributed by atoms with van der Waals surface area (Å²) in [5, 5.41) is 5.56. The van der Waals surface area contributed by atoms with Crippen molar-refractivity contribution in [2.75, 3.05) is 24.4 Å². The highest BCUT2D eigenvalue weighted by Gasteiger charge is 2.11. The summed E-state index contributed by atoms with van der Waals surface area (Å²) in [5.41, 5.74) is 5.22. The van der Waals surface area contributed by atoms with Crippen molar-refractivity contribution in [1.82, 2.24) is 9.97 Å². The third-order valence-corrected chi connectivity index (χ3v) is 4.45. The molecule has 3 aromatic rings. The molecule has 2 N–H and O–H groups in total. The van der Waals surface area contributed by atoms with E-state index >= 15 is 0 Å². The first kappa shape index (κ1) is 20.4. The second-order valence-corrected chi connectivity index (χ2v) is 6.54. The van der Waals surface area contributed by atoms with Gasteiger partial charge in [-0.25, -0.2) is 9.97 Å². The summed E-state index contributed by atoms with van der Waals surface area (Å²) in [4.78, 5) is 33.5. The quantitative estimate of drug-likeness (QED) is 0.641. The summed E-state index contributed by atoms with van der Waals surface area (Å²) in [6, 6.07) is 12.2. The third-order valence-electron chi connectivity index (χ3n) is 4.45. The Balaban J connectivity index is 1.74. The number of benzene rings is 2. The van der Waals surface area contributed by atoms with Crippen molar-refractivity contribution >= 4 is 34.2 Å². The van der Waals surface area contributed by atoms with Crippen molar-refractivity contribution in [3.8, 4) is 0 Å². The number of amides is 2. The molecule has 1 heterocycles. The van der Waals surface area contributed by atoms with E-state index in [2.05, 4.69) is 27.5 Å². The van der Waals surface area contributed by atoms with E-state index in [9.17, 15) is 9.59 Å². The minimum Gasteiger partial charge on any atom is -0.375 e. The Morgan fingerprint density at radius 2 is 1.45 bits per heavy atom. The van der Waals surface area contributed by atoms with Crippen LogP contribution in [0.15, 0.2) is 42.5 Å². The average Bonchev–Trinajstić information content (AvgIpc) is 2.73. The molecular weight excluding hydrogens is 368 g/mol. The van der Waals surface area contributed by atoms with Gasteiger partial charge in [-0.3, -0.25) is 9.59 Å². The molecule has 0 atom stereocenters. The molecule has 0 bridgehead atoms. The molecule has 0 fully saturated rings. The third kappa shape index (κ3) is 4.94. The van der Waals surface area contributed by atoms with Gasteiger partial charge in [-0.15, -0.1) is 0 Å². The Labute approximate surface area is 169 Å². The average molecular weight is 392 g/mol. The van der Waals surface area contributed by atoms with Crippen molar-refractivity contribution in [3.63, 3.8) is 0 Å². The van der Waals surface area contributed by atoms with Gasteiger partial charge >= 0.3 is 0 Å². The van der Waals surface area contributed by atoms with Crippen LogP contribution in [0.4, 0.5) is 11.4 Å². The highest BCUT2D eigenvalue weighted by atomic mass is 16.5. The molecule has 150 valence electrons. The largest absolute Gasteiger partial charge is 0.375 e. The summed E-state index contributed by atoms with van der Waals surface area (Å²) < 4.78 is 4.78. The first-order chi connectivity index (χ1) is 14.0. The minimum absolute atomic E-state index is 0.0111. The number of hydrogen-bond donors (Lipinski definition) is 2. The monoisotopic (exact) mass is 392 g/mol. The van der Waals surface area contributed by atoms with Gasteiger partial charge in [-0.2, -0.15) is 0 Å². The van der Waals surface area contributed by atoms with Gasteiger partial charge in [0.2, 0.25) is 5.91 Å². The van der Waals surface area contributed by atoms with Crippen LogP contribution in [0.3, 0.4) is 0 Å². The van der Waals surface area contributed by atoms with Gasteiger partial charge in [0, 0.05) is 24.0 Å². The molecule has 0 aliphatic carbocycles. The summed E-state index contributed by atoms with van der Waals surface area (Å²) in [6.45, 7) is 4.10. The topological polar surface area (TPSA) is 93.2 Å². The number of rotatable bonds is 7. The summed E-state index contributed by atoms with van der Waals surface area (Å²) in [6.07, 6.45) is 1.63. The number of ether oxygens (including phenoxy) is 1.